The molecule has 6 heteroatoms. The van der Waals surface area contributed by atoms with Gasteiger partial charge in [0.05, 0.1) is 12.8 Å². The predicted octanol–water partition coefficient (Wildman–Crippen LogP) is 4.05. The first-order chi connectivity index (χ1) is 11.8. The van der Waals surface area contributed by atoms with E-state index in [0.29, 0.717) is 23.2 Å². The van der Waals surface area contributed by atoms with Crippen LogP contribution in [-0.4, -0.2) is 24.4 Å². The summed E-state index contributed by atoms with van der Waals surface area (Å²) in [4.78, 5) is 17.1. The average Bonchev–Trinajstić information content (AvgIpc) is 3.29. The lowest BCUT2D eigenvalue weighted by molar-refractivity contribution is 0.0437. The van der Waals surface area contributed by atoms with E-state index in [1.807, 2.05) is 18.2 Å². The van der Waals surface area contributed by atoms with Crippen molar-refractivity contribution >= 4 is 17.3 Å². The summed E-state index contributed by atoms with van der Waals surface area (Å²) in [5.74, 6) is 1.57. The van der Waals surface area contributed by atoms with Crippen molar-refractivity contribution in [2.24, 2.45) is 5.92 Å². The van der Waals surface area contributed by atoms with Gasteiger partial charge in [-0.1, -0.05) is 12.2 Å². The fourth-order valence-electron chi connectivity index (χ4n) is 2.80. The Hall–Kier alpha value is -2.34. The predicted molar refractivity (Wildman–Crippen MR) is 90.4 cm³/mol. The smallest absolute Gasteiger partial charge is 0.349 e. The lowest BCUT2D eigenvalue weighted by Gasteiger charge is -2.16. The Balaban J connectivity index is 1.42. The summed E-state index contributed by atoms with van der Waals surface area (Å²) in [5.41, 5.74) is 0.903. The van der Waals surface area contributed by atoms with E-state index in [4.69, 9.17) is 14.2 Å². The van der Waals surface area contributed by atoms with Gasteiger partial charge in [-0.2, -0.15) is 0 Å². The van der Waals surface area contributed by atoms with Crippen LogP contribution in [0.5, 0.6) is 11.5 Å². The SMILES string of the molecule is O=C(OCC1CC=CCC1)c1cnc(-c2ccc3c(c2)OCO3)s1. The van der Waals surface area contributed by atoms with Gasteiger partial charge in [-0.05, 0) is 43.4 Å². The molecule has 24 heavy (non-hydrogen) atoms. The van der Waals surface area contributed by atoms with Crippen LogP contribution in [0.15, 0.2) is 36.5 Å². The van der Waals surface area contributed by atoms with Crippen molar-refractivity contribution in [2.75, 3.05) is 13.4 Å². The maximum absolute atomic E-state index is 12.2. The van der Waals surface area contributed by atoms with Crippen molar-refractivity contribution in [3.8, 4) is 22.1 Å². The van der Waals surface area contributed by atoms with Gasteiger partial charge < -0.3 is 14.2 Å². The van der Waals surface area contributed by atoms with Gasteiger partial charge in [-0.25, -0.2) is 9.78 Å². The Morgan fingerprint density at radius 3 is 3.08 bits per heavy atom. The van der Waals surface area contributed by atoms with Gasteiger partial charge in [-0.3, -0.25) is 0 Å². The number of allylic oxidation sites excluding steroid dienone is 2. The Bertz CT molecular complexity index is 783. The summed E-state index contributed by atoms with van der Waals surface area (Å²) < 4.78 is 16.1. The molecule has 0 spiro atoms. The first-order valence-corrected chi connectivity index (χ1v) is 8.79. The van der Waals surface area contributed by atoms with E-state index in [1.54, 1.807) is 6.20 Å². The highest BCUT2D eigenvalue weighted by Crippen LogP contribution is 2.37. The summed E-state index contributed by atoms with van der Waals surface area (Å²) in [6, 6.07) is 5.65. The molecule has 0 radical (unpaired) electrons. The Kier molecular flexibility index (Phi) is 4.21. The number of ether oxygens (including phenoxy) is 3. The Morgan fingerprint density at radius 2 is 2.21 bits per heavy atom. The van der Waals surface area contributed by atoms with Crippen molar-refractivity contribution in [1.29, 1.82) is 0 Å². The quantitative estimate of drug-likeness (QED) is 0.619. The molecule has 1 aliphatic carbocycles. The molecule has 1 atom stereocenters. The van der Waals surface area contributed by atoms with Crippen molar-refractivity contribution in [3.05, 3.63) is 41.4 Å². The maximum Gasteiger partial charge on any atom is 0.349 e. The zero-order valence-electron chi connectivity index (χ0n) is 13.1. The normalized spacial score (nSPS) is 18.6. The molecule has 0 N–H and O–H groups in total. The van der Waals surface area contributed by atoms with Crippen LogP contribution in [0.1, 0.15) is 28.9 Å². The van der Waals surface area contributed by atoms with Gasteiger partial charge in [-0.15, -0.1) is 11.3 Å². The van der Waals surface area contributed by atoms with Crippen LogP contribution in [-0.2, 0) is 4.74 Å². The minimum atomic E-state index is -0.297. The van der Waals surface area contributed by atoms with Gasteiger partial charge in [0.25, 0.3) is 0 Å². The third-order valence-corrected chi connectivity index (χ3v) is 5.18. The molecule has 2 aromatic rings. The number of esters is 1. The second-order valence-corrected chi connectivity index (χ2v) is 6.88. The van der Waals surface area contributed by atoms with Crippen LogP contribution < -0.4 is 9.47 Å². The molecule has 0 fully saturated rings. The van der Waals surface area contributed by atoms with E-state index in [1.165, 1.54) is 11.3 Å². The highest BCUT2D eigenvalue weighted by atomic mass is 32.1. The van der Waals surface area contributed by atoms with Gasteiger partial charge >= 0.3 is 5.97 Å². The number of carbonyl (C=O) groups excluding carboxylic acids is 1. The number of hydrogen-bond acceptors (Lipinski definition) is 6. The van der Waals surface area contributed by atoms with E-state index in [0.717, 1.165) is 35.6 Å². The number of nitrogens with zero attached hydrogens (tertiary/aromatic N) is 1. The number of rotatable bonds is 4. The van der Waals surface area contributed by atoms with E-state index in [2.05, 4.69) is 17.1 Å². The monoisotopic (exact) mass is 343 g/mol. The van der Waals surface area contributed by atoms with Crippen molar-refractivity contribution in [2.45, 2.75) is 19.3 Å². The molecule has 1 aliphatic heterocycles. The number of aromatic nitrogens is 1. The Labute approximate surface area is 143 Å². The van der Waals surface area contributed by atoms with Crippen molar-refractivity contribution < 1.29 is 19.0 Å². The third kappa shape index (κ3) is 3.14. The van der Waals surface area contributed by atoms with Gasteiger partial charge in [0, 0.05) is 5.56 Å². The molecular formula is C18H17NO4S. The second kappa shape index (κ2) is 6.65. The summed E-state index contributed by atoms with van der Waals surface area (Å²) in [7, 11) is 0. The number of benzene rings is 1. The zero-order chi connectivity index (χ0) is 16.4. The summed E-state index contributed by atoms with van der Waals surface area (Å²) >= 11 is 1.33. The second-order valence-electron chi connectivity index (χ2n) is 5.85. The fourth-order valence-corrected chi connectivity index (χ4v) is 3.61. The van der Waals surface area contributed by atoms with E-state index >= 15 is 0 Å². The van der Waals surface area contributed by atoms with Crippen LogP contribution >= 0.6 is 11.3 Å². The van der Waals surface area contributed by atoms with Crippen LogP contribution in [0.4, 0.5) is 0 Å². The summed E-state index contributed by atoms with van der Waals surface area (Å²) in [6.07, 6.45) is 9.05. The van der Waals surface area contributed by atoms with Crippen molar-refractivity contribution in [3.63, 3.8) is 0 Å². The third-order valence-electron chi connectivity index (χ3n) is 4.15. The standard InChI is InChI=1S/C18H17NO4S/c20-18(21-10-12-4-2-1-3-5-12)16-9-19-17(24-16)13-6-7-14-15(8-13)23-11-22-14/h1-2,6-9,12H,3-5,10-11H2. The molecule has 4 rings (SSSR count). The van der Waals surface area contributed by atoms with Crippen LogP contribution in [0.3, 0.4) is 0 Å². The van der Waals surface area contributed by atoms with Crippen LogP contribution in [0, 0.1) is 5.92 Å². The van der Waals surface area contributed by atoms with Crippen molar-refractivity contribution in [1.82, 2.24) is 4.98 Å². The lowest BCUT2D eigenvalue weighted by Crippen LogP contribution is -2.14. The molecule has 0 saturated carbocycles. The van der Waals surface area contributed by atoms with E-state index in [9.17, 15) is 4.79 Å². The van der Waals surface area contributed by atoms with Gasteiger partial charge in [0.1, 0.15) is 9.88 Å². The molecular weight excluding hydrogens is 326 g/mol. The maximum atomic E-state index is 12.2. The number of carbonyl (C=O) groups is 1. The van der Waals surface area contributed by atoms with E-state index in [-0.39, 0.29) is 12.8 Å². The summed E-state index contributed by atoms with van der Waals surface area (Å²) in [6.45, 7) is 0.713. The minimum absolute atomic E-state index is 0.241. The molecule has 0 saturated heterocycles. The molecule has 1 aromatic carbocycles. The fraction of sp³-hybridized carbons (Fsp3) is 0.333. The van der Waals surface area contributed by atoms with Gasteiger partial charge in [0.15, 0.2) is 11.5 Å². The highest BCUT2D eigenvalue weighted by molar-refractivity contribution is 7.16. The average molecular weight is 343 g/mol. The minimum Gasteiger partial charge on any atom is -0.461 e. The number of hydrogen-bond donors (Lipinski definition) is 0. The summed E-state index contributed by atoms with van der Waals surface area (Å²) in [5, 5.41) is 0.765. The molecule has 5 nitrogen and oxygen atoms in total. The molecule has 1 aromatic heterocycles. The number of thiazole rings is 1. The molecule has 2 aliphatic rings. The van der Waals surface area contributed by atoms with E-state index < -0.39 is 0 Å². The largest absolute Gasteiger partial charge is 0.461 e. The Morgan fingerprint density at radius 1 is 1.29 bits per heavy atom. The first kappa shape index (κ1) is 15.2. The van der Waals surface area contributed by atoms with Gasteiger partial charge in [0.2, 0.25) is 6.79 Å². The van der Waals surface area contributed by atoms with Crippen LogP contribution in [0.25, 0.3) is 10.6 Å². The molecule has 1 unspecified atom stereocenters. The lowest BCUT2D eigenvalue weighted by atomic mass is 9.95. The molecule has 2 heterocycles. The first-order valence-electron chi connectivity index (χ1n) is 7.97. The van der Waals surface area contributed by atoms with Crippen LogP contribution in [0.2, 0.25) is 0 Å². The topological polar surface area (TPSA) is 57.7 Å². The molecule has 0 amide bonds. The molecule has 0 bridgehead atoms. The number of fused-ring (bicyclic) bond motifs is 1. The highest BCUT2D eigenvalue weighted by Gasteiger charge is 2.18. The zero-order valence-corrected chi connectivity index (χ0v) is 13.9. The molecule has 124 valence electrons.